The summed E-state index contributed by atoms with van der Waals surface area (Å²) in [5.41, 5.74) is 7.44. The molecule has 4 heteroatoms. The number of nitrogens with one attached hydrogen (secondary N) is 1. The van der Waals surface area contributed by atoms with E-state index in [9.17, 15) is 0 Å². The summed E-state index contributed by atoms with van der Waals surface area (Å²) in [7, 11) is 0. The highest BCUT2D eigenvalue weighted by Crippen LogP contribution is 2.17. The van der Waals surface area contributed by atoms with E-state index in [4.69, 9.17) is 9.95 Å². The van der Waals surface area contributed by atoms with Crippen LogP contribution in [0.1, 0.15) is 0 Å². The molecule has 0 radical (unpaired) electrons. The number of hydrogen-bond donors (Lipinski definition) is 1. The van der Waals surface area contributed by atoms with Crippen LogP contribution in [0.25, 0.3) is 5.71 Å². The third kappa shape index (κ3) is 0.500. The molecule has 2 aromatic heterocycles. The van der Waals surface area contributed by atoms with Crippen molar-refractivity contribution >= 4 is 11.5 Å². The molecule has 50 valence electrons. The van der Waals surface area contributed by atoms with Crippen molar-refractivity contribution in [2.75, 3.05) is 0 Å². The lowest BCUT2D eigenvalue weighted by atomic mass is 10.7. The molecule has 0 fully saturated rings. The van der Waals surface area contributed by atoms with Crippen LogP contribution < -0.4 is 0 Å². The first-order valence-corrected chi connectivity index (χ1v) is 2.84. The lowest BCUT2D eigenvalue weighted by Gasteiger charge is -1.81. The van der Waals surface area contributed by atoms with Gasteiger partial charge in [-0.05, 0) is 6.07 Å². The molecule has 0 aliphatic carbocycles. The minimum atomic E-state index is 0.514. The number of nitrogens with zero attached hydrogens (tertiary/aromatic N) is 2. The summed E-state index contributed by atoms with van der Waals surface area (Å²) >= 11 is 0. The maximum absolute atomic E-state index is 6.73. The van der Waals surface area contributed by atoms with Gasteiger partial charge in [-0.1, -0.05) is 0 Å². The van der Waals surface area contributed by atoms with Crippen molar-refractivity contribution in [1.82, 2.24) is 4.40 Å². The van der Waals surface area contributed by atoms with E-state index in [0.717, 1.165) is 0 Å². The topological polar surface area (TPSA) is 53.8 Å². The van der Waals surface area contributed by atoms with Crippen LogP contribution in [0.4, 0.5) is 5.82 Å². The zero-order valence-corrected chi connectivity index (χ0v) is 5.11. The second kappa shape index (κ2) is 1.70. The molecule has 0 aromatic carbocycles. The Kier molecular flexibility index (Phi) is 0.887. The zero-order chi connectivity index (χ0) is 6.97. The van der Waals surface area contributed by atoms with E-state index in [2.05, 4.69) is 5.11 Å². The Balaban J connectivity index is 2.88. The standard InChI is InChI=1S/C6H5N3O/c7-8-5-4-10-6-2-1-3-9(5)6/h1-4,7H. The van der Waals surface area contributed by atoms with E-state index < -0.39 is 0 Å². The van der Waals surface area contributed by atoms with Crippen molar-refractivity contribution in [2.45, 2.75) is 0 Å². The van der Waals surface area contributed by atoms with E-state index in [-0.39, 0.29) is 0 Å². The minimum absolute atomic E-state index is 0.514. The maximum Gasteiger partial charge on any atom is 0.205 e. The van der Waals surface area contributed by atoms with Crippen LogP contribution in [-0.2, 0) is 0 Å². The molecule has 10 heavy (non-hydrogen) atoms. The highest BCUT2D eigenvalue weighted by Gasteiger charge is 2.00. The zero-order valence-electron chi connectivity index (χ0n) is 5.11. The molecule has 0 amide bonds. The normalized spacial score (nSPS) is 10.4. The van der Waals surface area contributed by atoms with Gasteiger partial charge >= 0.3 is 0 Å². The molecule has 2 rings (SSSR count). The van der Waals surface area contributed by atoms with Gasteiger partial charge in [0.25, 0.3) is 0 Å². The Morgan fingerprint density at radius 1 is 1.60 bits per heavy atom. The van der Waals surface area contributed by atoms with Gasteiger partial charge in [-0.2, -0.15) is 0 Å². The molecule has 4 nitrogen and oxygen atoms in total. The van der Waals surface area contributed by atoms with Crippen molar-refractivity contribution in [3.63, 3.8) is 0 Å². The first-order valence-electron chi connectivity index (χ1n) is 2.84. The van der Waals surface area contributed by atoms with Crippen molar-refractivity contribution < 1.29 is 4.42 Å². The molecular formula is C6H5N3O. The summed E-state index contributed by atoms with van der Waals surface area (Å²) in [6.45, 7) is 0. The third-order valence-electron chi connectivity index (χ3n) is 1.36. The number of oxazole rings is 1. The van der Waals surface area contributed by atoms with E-state index in [0.29, 0.717) is 11.5 Å². The predicted molar refractivity (Wildman–Crippen MR) is 34.5 cm³/mol. The second-order valence-electron chi connectivity index (χ2n) is 1.92. The fourth-order valence-electron chi connectivity index (χ4n) is 0.901. The van der Waals surface area contributed by atoms with Gasteiger partial charge in [-0.25, -0.2) is 5.53 Å². The molecule has 2 aromatic rings. The lowest BCUT2D eigenvalue weighted by Crippen LogP contribution is -1.70. The summed E-state index contributed by atoms with van der Waals surface area (Å²) in [4.78, 5) is 0. The van der Waals surface area contributed by atoms with Crippen LogP contribution in [-0.4, -0.2) is 4.40 Å². The molecular weight excluding hydrogens is 130 g/mol. The molecule has 0 spiro atoms. The Labute approximate surface area is 56.6 Å². The molecule has 0 saturated carbocycles. The Bertz CT molecular complexity index is 360. The van der Waals surface area contributed by atoms with E-state index in [1.807, 2.05) is 12.1 Å². The van der Waals surface area contributed by atoms with E-state index >= 15 is 0 Å². The van der Waals surface area contributed by atoms with Crippen LogP contribution >= 0.6 is 0 Å². The minimum Gasteiger partial charge on any atom is -0.444 e. The van der Waals surface area contributed by atoms with Gasteiger partial charge in [0.05, 0.1) is 0 Å². The summed E-state index contributed by atoms with van der Waals surface area (Å²) in [5.74, 6) is 0.514. The molecule has 0 bridgehead atoms. The van der Waals surface area contributed by atoms with Crippen molar-refractivity contribution in [2.24, 2.45) is 5.11 Å². The lowest BCUT2D eigenvalue weighted by molar-refractivity contribution is 0.608. The monoisotopic (exact) mass is 135 g/mol. The summed E-state index contributed by atoms with van der Waals surface area (Å²) < 4.78 is 6.73. The van der Waals surface area contributed by atoms with E-state index in [1.54, 1.807) is 10.6 Å². The Morgan fingerprint density at radius 3 is 3.30 bits per heavy atom. The predicted octanol–water partition coefficient (Wildman–Crippen LogP) is 2.19. The summed E-state index contributed by atoms with van der Waals surface area (Å²) in [6, 6.07) is 3.65. The largest absolute Gasteiger partial charge is 0.444 e. The van der Waals surface area contributed by atoms with Crippen LogP contribution in [0.2, 0.25) is 0 Å². The SMILES string of the molecule is N=Nc1coc2cccn12. The van der Waals surface area contributed by atoms with Gasteiger partial charge < -0.3 is 4.42 Å². The molecule has 1 N–H and O–H groups in total. The first-order chi connectivity index (χ1) is 4.92. The van der Waals surface area contributed by atoms with Gasteiger partial charge in [0.1, 0.15) is 6.26 Å². The van der Waals surface area contributed by atoms with Gasteiger partial charge in [-0.15, -0.1) is 5.11 Å². The molecule has 2 heterocycles. The second-order valence-corrected chi connectivity index (χ2v) is 1.92. The van der Waals surface area contributed by atoms with Gasteiger partial charge in [0.15, 0.2) is 5.82 Å². The average Bonchev–Trinajstić information content (AvgIpc) is 2.44. The molecule has 0 aliphatic rings. The van der Waals surface area contributed by atoms with Crippen LogP contribution in [0.5, 0.6) is 0 Å². The fourth-order valence-corrected chi connectivity index (χ4v) is 0.901. The molecule has 0 aliphatic heterocycles. The summed E-state index contributed by atoms with van der Waals surface area (Å²) in [6.07, 6.45) is 3.24. The van der Waals surface area contributed by atoms with Crippen LogP contribution in [0.3, 0.4) is 0 Å². The van der Waals surface area contributed by atoms with E-state index in [1.165, 1.54) is 6.26 Å². The molecule has 0 unspecified atom stereocenters. The highest BCUT2D eigenvalue weighted by atomic mass is 16.3. The van der Waals surface area contributed by atoms with Crippen molar-refractivity contribution in [3.8, 4) is 0 Å². The smallest absolute Gasteiger partial charge is 0.205 e. The number of aromatic nitrogens is 1. The fraction of sp³-hybridized carbons (Fsp3) is 0. The van der Waals surface area contributed by atoms with Crippen molar-refractivity contribution in [1.29, 1.82) is 5.53 Å². The highest BCUT2D eigenvalue weighted by molar-refractivity contribution is 5.43. The van der Waals surface area contributed by atoms with Crippen LogP contribution in [0.15, 0.2) is 34.1 Å². The number of rotatable bonds is 1. The quantitative estimate of drug-likeness (QED) is 0.598. The van der Waals surface area contributed by atoms with Crippen LogP contribution in [0, 0.1) is 5.53 Å². The number of hydrogen-bond acceptors (Lipinski definition) is 3. The third-order valence-corrected chi connectivity index (χ3v) is 1.36. The van der Waals surface area contributed by atoms with Gasteiger partial charge in [0, 0.05) is 12.3 Å². The Morgan fingerprint density at radius 2 is 2.50 bits per heavy atom. The molecule has 0 saturated heterocycles. The van der Waals surface area contributed by atoms with Crippen molar-refractivity contribution in [3.05, 3.63) is 24.6 Å². The first kappa shape index (κ1) is 5.22. The summed E-state index contributed by atoms with van der Waals surface area (Å²) in [5, 5.41) is 3.25. The maximum atomic E-state index is 6.73. The number of fused-ring (bicyclic) bond motifs is 1. The Hall–Kier alpha value is -1.58. The average molecular weight is 135 g/mol. The van der Waals surface area contributed by atoms with Gasteiger partial charge in [0.2, 0.25) is 5.71 Å². The molecule has 0 atom stereocenters. The van der Waals surface area contributed by atoms with Gasteiger partial charge in [-0.3, -0.25) is 4.40 Å².